The molecule has 5 heteroatoms. The first kappa shape index (κ1) is 10.9. The molecule has 2 aromatic heterocycles. The van der Waals surface area contributed by atoms with E-state index in [4.69, 9.17) is 0 Å². The lowest BCUT2D eigenvalue weighted by Gasteiger charge is -2.13. The molecular weight excluding hydrogens is 202 g/mol. The van der Waals surface area contributed by atoms with Crippen LogP contribution in [0.2, 0.25) is 0 Å². The van der Waals surface area contributed by atoms with Gasteiger partial charge in [0.2, 0.25) is 0 Å². The van der Waals surface area contributed by atoms with Gasteiger partial charge in [-0.05, 0) is 19.1 Å². The normalized spacial score (nSPS) is 12.9. The second-order valence-electron chi connectivity index (χ2n) is 4.01. The van der Waals surface area contributed by atoms with Crippen molar-refractivity contribution in [2.45, 2.75) is 26.1 Å². The molecular formula is C11H17N5. The molecule has 1 atom stereocenters. The van der Waals surface area contributed by atoms with Crippen LogP contribution in [0.1, 0.15) is 12.6 Å². The molecule has 86 valence electrons. The molecule has 1 N–H and O–H groups in total. The molecule has 1 unspecified atom stereocenters. The van der Waals surface area contributed by atoms with Crippen molar-refractivity contribution in [2.24, 2.45) is 7.05 Å². The van der Waals surface area contributed by atoms with E-state index >= 15 is 0 Å². The van der Waals surface area contributed by atoms with Gasteiger partial charge in [-0.2, -0.15) is 5.10 Å². The highest BCUT2D eigenvalue weighted by molar-refractivity contribution is 5.06. The minimum absolute atomic E-state index is 0.372. The van der Waals surface area contributed by atoms with Crippen molar-refractivity contribution < 1.29 is 0 Å². The second kappa shape index (κ2) is 4.94. The van der Waals surface area contributed by atoms with E-state index in [0.29, 0.717) is 6.04 Å². The summed E-state index contributed by atoms with van der Waals surface area (Å²) in [6.45, 7) is 3.86. The third-order valence-corrected chi connectivity index (χ3v) is 2.61. The van der Waals surface area contributed by atoms with Gasteiger partial charge >= 0.3 is 0 Å². The first-order valence-corrected chi connectivity index (χ1v) is 5.41. The zero-order valence-corrected chi connectivity index (χ0v) is 9.67. The molecule has 2 aromatic rings. The lowest BCUT2D eigenvalue weighted by Crippen LogP contribution is -2.30. The van der Waals surface area contributed by atoms with Crippen LogP contribution in [0.15, 0.2) is 31.0 Å². The van der Waals surface area contributed by atoms with E-state index in [2.05, 4.69) is 52.3 Å². The van der Waals surface area contributed by atoms with Crippen molar-refractivity contribution in [3.63, 3.8) is 0 Å². The minimum Gasteiger partial charge on any atom is -0.353 e. The summed E-state index contributed by atoms with van der Waals surface area (Å²) >= 11 is 0. The van der Waals surface area contributed by atoms with Gasteiger partial charge in [0, 0.05) is 31.5 Å². The number of rotatable bonds is 5. The lowest BCUT2D eigenvalue weighted by atomic mass is 10.3. The molecule has 0 saturated carbocycles. The molecule has 2 heterocycles. The molecule has 0 saturated heterocycles. The van der Waals surface area contributed by atoms with Crippen molar-refractivity contribution in [1.82, 2.24) is 24.6 Å². The molecule has 16 heavy (non-hydrogen) atoms. The number of hydrogen-bond donors (Lipinski definition) is 1. The van der Waals surface area contributed by atoms with E-state index in [1.54, 1.807) is 12.7 Å². The van der Waals surface area contributed by atoms with E-state index in [-0.39, 0.29) is 0 Å². The molecule has 0 amide bonds. The van der Waals surface area contributed by atoms with Gasteiger partial charge in [-0.15, -0.1) is 0 Å². The van der Waals surface area contributed by atoms with Gasteiger partial charge < -0.3 is 9.88 Å². The Hall–Kier alpha value is -1.62. The maximum absolute atomic E-state index is 4.08. The van der Waals surface area contributed by atoms with Gasteiger partial charge in [0.25, 0.3) is 0 Å². The predicted molar refractivity (Wildman–Crippen MR) is 61.7 cm³/mol. The highest BCUT2D eigenvalue weighted by Gasteiger charge is 2.04. The van der Waals surface area contributed by atoms with Crippen molar-refractivity contribution in [3.05, 3.63) is 36.7 Å². The Kier molecular flexibility index (Phi) is 3.36. The highest BCUT2D eigenvalue weighted by Crippen LogP contribution is 1.99. The summed E-state index contributed by atoms with van der Waals surface area (Å²) in [5, 5.41) is 7.53. The number of nitrogens with one attached hydrogen (secondary N) is 1. The first-order chi connectivity index (χ1) is 7.75. The quantitative estimate of drug-likeness (QED) is 0.809. The first-order valence-electron chi connectivity index (χ1n) is 5.41. The van der Waals surface area contributed by atoms with Crippen LogP contribution in [-0.2, 0) is 20.1 Å². The summed E-state index contributed by atoms with van der Waals surface area (Å²) in [7, 11) is 2.05. The fourth-order valence-corrected chi connectivity index (χ4v) is 1.63. The summed E-state index contributed by atoms with van der Waals surface area (Å²) in [5.74, 6) is 0. The zero-order chi connectivity index (χ0) is 11.4. The molecule has 0 aromatic carbocycles. The van der Waals surface area contributed by atoms with E-state index < -0.39 is 0 Å². The molecule has 0 radical (unpaired) electrons. The summed E-state index contributed by atoms with van der Waals surface area (Å²) in [6, 6.07) is 4.55. The Labute approximate surface area is 95.1 Å². The summed E-state index contributed by atoms with van der Waals surface area (Å²) < 4.78 is 3.96. The van der Waals surface area contributed by atoms with Crippen LogP contribution in [0.25, 0.3) is 0 Å². The van der Waals surface area contributed by atoms with Gasteiger partial charge in [0.05, 0.1) is 6.54 Å². The topological polar surface area (TPSA) is 47.7 Å². The van der Waals surface area contributed by atoms with E-state index in [9.17, 15) is 0 Å². The molecule has 0 aliphatic carbocycles. The lowest BCUT2D eigenvalue weighted by molar-refractivity contribution is 0.445. The number of nitrogens with zero attached hydrogens (tertiary/aromatic N) is 4. The van der Waals surface area contributed by atoms with Crippen LogP contribution in [0.5, 0.6) is 0 Å². The van der Waals surface area contributed by atoms with Gasteiger partial charge in [-0.1, -0.05) is 0 Å². The Bertz CT molecular complexity index is 417. The number of aromatic nitrogens is 4. The number of aryl methyl sites for hydroxylation is 1. The van der Waals surface area contributed by atoms with Gasteiger partial charge in [-0.3, -0.25) is 4.68 Å². The highest BCUT2D eigenvalue weighted by atomic mass is 15.3. The van der Waals surface area contributed by atoms with Gasteiger partial charge in [0.1, 0.15) is 12.7 Å². The van der Waals surface area contributed by atoms with Gasteiger partial charge in [-0.25, -0.2) is 4.98 Å². The third-order valence-electron chi connectivity index (χ3n) is 2.61. The summed E-state index contributed by atoms with van der Waals surface area (Å²) in [5.41, 5.74) is 1.28. The Balaban J connectivity index is 1.80. The van der Waals surface area contributed by atoms with Crippen LogP contribution < -0.4 is 5.32 Å². The molecule has 0 aliphatic rings. The molecule has 2 rings (SSSR count). The molecule has 0 spiro atoms. The van der Waals surface area contributed by atoms with Crippen molar-refractivity contribution >= 4 is 0 Å². The van der Waals surface area contributed by atoms with Crippen LogP contribution in [0.3, 0.4) is 0 Å². The second-order valence-corrected chi connectivity index (χ2v) is 4.01. The smallest absolute Gasteiger partial charge is 0.137 e. The Morgan fingerprint density at radius 1 is 1.50 bits per heavy atom. The Morgan fingerprint density at radius 3 is 3.00 bits per heavy atom. The minimum atomic E-state index is 0.372. The fourth-order valence-electron chi connectivity index (χ4n) is 1.63. The van der Waals surface area contributed by atoms with E-state index in [0.717, 1.165) is 13.1 Å². The Morgan fingerprint density at radius 2 is 2.38 bits per heavy atom. The average molecular weight is 219 g/mol. The van der Waals surface area contributed by atoms with Crippen LogP contribution in [0.4, 0.5) is 0 Å². The van der Waals surface area contributed by atoms with Crippen molar-refractivity contribution in [2.75, 3.05) is 0 Å². The third kappa shape index (κ3) is 2.70. The molecule has 5 nitrogen and oxygen atoms in total. The fraction of sp³-hybridized carbons (Fsp3) is 0.455. The van der Waals surface area contributed by atoms with Crippen LogP contribution in [-0.4, -0.2) is 25.4 Å². The summed E-state index contributed by atoms with van der Waals surface area (Å²) in [4.78, 5) is 3.92. The maximum Gasteiger partial charge on any atom is 0.137 e. The van der Waals surface area contributed by atoms with E-state index in [1.165, 1.54) is 5.69 Å². The summed E-state index contributed by atoms with van der Waals surface area (Å²) in [6.07, 6.45) is 5.35. The van der Waals surface area contributed by atoms with E-state index in [1.807, 2.05) is 4.68 Å². The standard InChI is InChI=1S/C11H17N5/c1-10(7-16-9-12-8-14-16)13-6-11-4-3-5-15(11)2/h3-5,8-10,13H,6-7H2,1-2H3. The molecule has 0 aliphatic heterocycles. The number of hydrogen-bond acceptors (Lipinski definition) is 3. The molecule has 0 fully saturated rings. The molecule has 0 bridgehead atoms. The van der Waals surface area contributed by atoms with Crippen molar-refractivity contribution in [1.29, 1.82) is 0 Å². The predicted octanol–water partition coefficient (Wildman–Crippen LogP) is 0.795. The zero-order valence-electron chi connectivity index (χ0n) is 9.67. The van der Waals surface area contributed by atoms with Gasteiger partial charge in [0.15, 0.2) is 0 Å². The maximum atomic E-state index is 4.08. The monoisotopic (exact) mass is 219 g/mol. The largest absolute Gasteiger partial charge is 0.353 e. The van der Waals surface area contributed by atoms with Crippen LogP contribution in [0, 0.1) is 0 Å². The van der Waals surface area contributed by atoms with Crippen molar-refractivity contribution in [3.8, 4) is 0 Å². The van der Waals surface area contributed by atoms with Crippen LogP contribution >= 0.6 is 0 Å². The SMILES string of the molecule is CC(Cn1cncn1)NCc1cccn1C. The average Bonchev–Trinajstić information content (AvgIpc) is 2.87.